The van der Waals surface area contributed by atoms with E-state index in [1.54, 1.807) is 43.5 Å². The van der Waals surface area contributed by atoms with E-state index in [1.807, 2.05) is 42.5 Å². The van der Waals surface area contributed by atoms with Gasteiger partial charge in [0.05, 0.1) is 25.0 Å². The molecule has 0 radical (unpaired) electrons. The summed E-state index contributed by atoms with van der Waals surface area (Å²) in [5, 5.41) is 0. The van der Waals surface area contributed by atoms with Crippen molar-refractivity contribution in [3.63, 3.8) is 0 Å². The molecule has 6 rings (SSSR count). The van der Waals surface area contributed by atoms with Gasteiger partial charge < -0.3 is 18.6 Å². The first-order chi connectivity index (χ1) is 18.4. The zero-order valence-electron chi connectivity index (χ0n) is 20.6. The molecule has 2 aliphatic rings. The first-order valence-electron chi connectivity index (χ1n) is 12.1. The van der Waals surface area contributed by atoms with Gasteiger partial charge in [0.2, 0.25) is 5.78 Å². The number of fused-ring (bicyclic) bond motifs is 3. The van der Waals surface area contributed by atoms with E-state index in [1.165, 1.54) is 6.92 Å². The van der Waals surface area contributed by atoms with Crippen LogP contribution in [0, 0.1) is 0 Å². The van der Waals surface area contributed by atoms with E-state index in [2.05, 4.69) is 0 Å². The Morgan fingerprint density at radius 3 is 2.50 bits per heavy atom. The van der Waals surface area contributed by atoms with Gasteiger partial charge >= 0.3 is 5.97 Å². The van der Waals surface area contributed by atoms with E-state index in [0.717, 1.165) is 5.56 Å². The van der Waals surface area contributed by atoms with Gasteiger partial charge in [-0.3, -0.25) is 14.4 Å². The lowest BCUT2D eigenvalue weighted by molar-refractivity contribution is -0.135. The molecule has 0 bridgehead atoms. The number of rotatable bonds is 5. The Hall–Kier alpha value is -4.91. The molecule has 7 nitrogen and oxygen atoms in total. The lowest BCUT2D eigenvalue weighted by atomic mass is 9.88. The zero-order valence-corrected chi connectivity index (χ0v) is 20.6. The molecule has 0 aliphatic carbocycles. The average molecular weight is 507 g/mol. The summed E-state index contributed by atoms with van der Waals surface area (Å²) < 4.78 is 23.2. The number of ketones is 2. The van der Waals surface area contributed by atoms with Crippen molar-refractivity contribution in [1.29, 1.82) is 0 Å². The summed E-state index contributed by atoms with van der Waals surface area (Å²) in [4.78, 5) is 37.4. The van der Waals surface area contributed by atoms with Gasteiger partial charge in [-0.05, 0) is 43.3 Å². The van der Waals surface area contributed by atoms with Gasteiger partial charge in [0.15, 0.2) is 11.5 Å². The molecule has 0 N–H and O–H groups in total. The number of carbonyl (C=O) groups is 3. The summed E-state index contributed by atoms with van der Waals surface area (Å²) in [6, 6.07) is 21.3. The van der Waals surface area contributed by atoms with Gasteiger partial charge in [0, 0.05) is 22.3 Å². The molecule has 1 aromatic heterocycles. The standard InChI is InChI=1S/C31H22O7/c1-17(32)18-7-9-19(10-8-18)24-13-14-25(36-24)22-16-28(33)37-26-12-11-21-30(34)27(38-31(21)29(22)26)15-20-5-3-4-6-23(20)35-2/h3-15,22H,16H2,1-2H3. The first-order valence-corrected chi connectivity index (χ1v) is 12.1. The molecule has 188 valence electrons. The number of furan rings is 1. The Morgan fingerprint density at radius 2 is 1.74 bits per heavy atom. The predicted octanol–water partition coefficient (Wildman–Crippen LogP) is 6.22. The average Bonchev–Trinajstić information content (AvgIpc) is 3.54. The summed E-state index contributed by atoms with van der Waals surface area (Å²) in [6.07, 6.45) is 1.68. The highest BCUT2D eigenvalue weighted by atomic mass is 16.5. The minimum atomic E-state index is -0.509. The SMILES string of the molecule is COc1ccccc1C=C1Oc2c(ccc3c2C(c2ccc(-c4ccc(C(C)=O)cc4)o2)CC(=O)O3)C1=O. The van der Waals surface area contributed by atoms with Gasteiger partial charge in [-0.15, -0.1) is 0 Å². The highest BCUT2D eigenvalue weighted by Gasteiger charge is 2.39. The number of methoxy groups -OCH3 is 1. The van der Waals surface area contributed by atoms with Gasteiger partial charge in [0.1, 0.15) is 28.8 Å². The maximum Gasteiger partial charge on any atom is 0.312 e. The third kappa shape index (κ3) is 3.98. The summed E-state index contributed by atoms with van der Waals surface area (Å²) in [5.41, 5.74) is 3.09. The smallest absolute Gasteiger partial charge is 0.312 e. The van der Waals surface area contributed by atoms with E-state index < -0.39 is 11.9 Å². The predicted molar refractivity (Wildman–Crippen MR) is 139 cm³/mol. The van der Waals surface area contributed by atoms with Gasteiger partial charge in [-0.2, -0.15) is 0 Å². The van der Waals surface area contributed by atoms with Crippen LogP contribution in [-0.4, -0.2) is 24.6 Å². The number of benzene rings is 3. The number of para-hydroxylation sites is 1. The van der Waals surface area contributed by atoms with Gasteiger partial charge in [0.25, 0.3) is 0 Å². The molecule has 3 aromatic carbocycles. The second kappa shape index (κ2) is 9.19. The highest BCUT2D eigenvalue weighted by molar-refractivity contribution is 6.15. The molecular formula is C31H22O7. The summed E-state index contributed by atoms with van der Waals surface area (Å²) >= 11 is 0. The topological polar surface area (TPSA) is 92.0 Å². The second-order valence-electron chi connectivity index (χ2n) is 9.10. The Morgan fingerprint density at radius 1 is 0.947 bits per heavy atom. The molecule has 1 atom stereocenters. The lowest BCUT2D eigenvalue weighted by Gasteiger charge is -2.24. The molecule has 0 fully saturated rings. The molecule has 3 heterocycles. The fourth-order valence-electron chi connectivity index (χ4n) is 4.84. The van der Waals surface area contributed by atoms with Crippen molar-refractivity contribution in [2.24, 2.45) is 0 Å². The Labute approximate surface area is 218 Å². The van der Waals surface area contributed by atoms with E-state index in [0.29, 0.717) is 51.0 Å². The molecule has 0 spiro atoms. The maximum absolute atomic E-state index is 13.3. The van der Waals surface area contributed by atoms with Crippen molar-refractivity contribution in [1.82, 2.24) is 0 Å². The molecule has 0 saturated heterocycles. The minimum Gasteiger partial charge on any atom is -0.496 e. The van der Waals surface area contributed by atoms with Crippen molar-refractivity contribution < 1.29 is 33.0 Å². The molecule has 1 unspecified atom stereocenters. The van der Waals surface area contributed by atoms with Crippen LogP contribution in [0.5, 0.6) is 17.2 Å². The number of allylic oxidation sites excluding steroid dienone is 1. The van der Waals surface area contributed by atoms with E-state index in [9.17, 15) is 14.4 Å². The fourth-order valence-corrected chi connectivity index (χ4v) is 4.84. The molecule has 0 amide bonds. The maximum atomic E-state index is 13.3. The van der Waals surface area contributed by atoms with Crippen LogP contribution in [0.4, 0.5) is 0 Å². The second-order valence-corrected chi connectivity index (χ2v) is 9.10. The fraction of sp³-hybridized carbons (Fsp3) is 0.129. The van der Waals surface area contributed by atoms with Crippen LogP contribution in [0.15, 0.2) is 83.0 Å². The summed E-state index contributed by atoms with van der Waals surface area (Å²) in [7, 11) is 1.56. The van der Waals surface area contributed by atoms with Crippen LogP contribution in [0.25, 0.3) is 17.4 Å². The zero-order chi connectivity index (χ0) is 26.4. The third-order valence-electron chi connectivity index (χ3n) is 6.75. The van der Waals surface area contributed by atoms with Gasteiger partial charge in [-0.1, -0.05) is 42.5 Å². The Bertz CT molecular complexity index is 1640. The van der Waals surface area contributed by atoms with Crippen LogP contribution < -0.4 is 14.2 Å². The third-order valence-corrected chi connectivity index (χ3v) is 6.75. The number of hydrogen-bond donors (Lipinski definition) is 0. The Balaban J connectivity index is 1.39. The minimum absolute atomic E-state index is 0.0171. The molecule has 2 aliphatic heterocycles. The van der Waals surface area contributed by atoms with Crippen molar-refractivity contribution in [2.75, 3.05) is 7.11 Å². The highest BCUT2D eigenvalue weighted by Crippen LogP contribution is 2.49. The van der Waals surface area contributed by atoms with E-state index in [-0.39, 0.29) is 23.7 Å². The van der Waals surface area contributed by atoms with Crippen LogP contribution in [-0.2, 0) is 4.79 Å². The molecule has 38 heavy (non-hydrogen) atoms. The van der Waals surface area contributed by atoms with Crippen LogP contribution in [0.3, 0.4) is 0 Å². The molecule has 0 saturated carbocycles. The van der Waals surface area contributed by atoms with Crippen LogP contribution in [0.1, 0.15) is 56.9 Å². The van der Waals surface area contributed by atoms with Crippen LogP contribution in [0.2, 0.25) is 0 Å². The van der Waals surface area contributed by atoms with Crippen LogP contribution >= 0.6 is 0 Å². The van der Waals surface area contributed by atoms with E-state index >= 15 is 0 Å². The quantitative estimate of drug-likeness (QED) is 0.137. The molecule has 4 aromatic rings. The molecular weight excluding hydrogens is 484 g/mol. The number of Topliss-reactive ketones (excluding diaryl/α,β-unsaturated/α-hetero) is 2. The Kier molecular flexibility index (Phi) is 5.68. The summed E-state index contributed by atoms with van der Waals surface area (Å²) in [6.45, 7) is 1.52. The monoisotopic (exact) mass is 506 g/mol. The van der Waals surface area contributed by atoms with Gasteiger partial charge in [-0.25, -0.2) is 0 Å². The van der Waals surface area contributed by atoms with Crippen molar-refractivity contribution in [3.05, 3.63) is 107 Å². The number of carbonyl (C=O) groups excluding carboxylic acids is 3. The van der Waals surface area contributed by atoms with Crippen molar-refractivity contribution in [3.8, 4) is 28.6 Å². The first kappa shape index (κ1) is 23.5. The number of hydrogen-bond acceptors (Lipinski definition) is 7. The van der Waals surface area contributed by atoms with E-state index in [4.69, 9.17) is 18.6 Å². The number of esters is 1. The van der Waals surface area contributed by atoms with Crippen molar-refractivity contribution >= 4 is 23.6 Å². The lowest BCUT2D eigenvalue weighted by Crippen LogP contribution is -2.21. The normalized spacial score (nSPS) is 17.0. The van der Waals surface area contributed by atoms with Crippen molar-refractivity contribution in [2.45, 2.75) is 19.3 Å². The molecule has 7 heteroatoms. The largest absolute Gasteiger partial charge is 0.496 e. The number of ether oxygens (including phenoxy) is 3. The summed E-state index contributed by atoms with van der Waals surface area (Å²) in [5.74, 6) is 1.39.